The average Bonchev–Trinajstić information content (AvgIpc) is 3.55. The van der Waals surface area contributed by atoms with Gasteiger partial charge in [0.25, 0.3) is 0 Å². The van der Waals surface area contributed by atoms with Crippen LogP contribution in [0.4, 0.5) is 4.39 Å². The van der Waals surface area contributed by atoms with Crippen molar-refractivity contribution in [1.82, 2.24) is 14.8 Å². The summed E-state index contributed by atoms with van der Waals surface area (Å²) in [6.07, 6.45) is 5.95. The maximum atomic E-state index is 15.0. The van der Waals surface area contributed by atoms with Crippen LogP contribution in [0.2, 0.25) is 0 Å². The van der Waals surface area contributed by atoms with Crippen molar-refractivity contribution < 1.29 is 13.9 Å². The highest BCUT2D eigenvalue weighted by atomic mass is 19.1. The second-order valence-electron chi connectivity index (χ2n) is 9.59. The molecule has 0 unspecified atom stereocenters. The molecule has 1 aromatic heterocycles. The zero-order valence-corrected chi connectivity index (χ0v) is 18.1. The first-order chi connectivity index (χ1) is 15.6. The van der Waals surface area contributed by atoms with Gasteiger partial charge >= 0.3 is 0 Å². The van der Waals surface area contributed by atoms with E-state index in [1.54, 1.807) is 6.07 Å². The molecule has 2 aliphatic heterocycles. The number of fused-ring (bicyclic) bond motifs is 1. The van der Waals surface area contributed by atoms with Gasteiger partial charge in [-0.25, -0.2) is 4.39 Å². The van der Waals surface area contributed by atoms with E-state index in [1.165, 1.54) is 0 Å². The van der Waals surface area contributed by atoms with Gasteiger partial charge in [0.1, 0.15) is 12.4 Å². The largest absolute Gasteiger partial charge is 0.363 e. The Morgan fingerprint density at radius 3 is 2.62 bits per heavy atom. The van der Waals surface area contributed by atoms with E-state index >= 15 is 0 Å². The van der Waals surface area contributed by atoms with Crippen LogP contribution in [-0.4, -0.2) is 58.6 Å². The highest BCUT2D eigenvalue weighted by Gasteiger charge is 2.46. The number of carbonyl (C=O) groups is 1. The number of amides is 1. The summed E-state index contributed by atoms with van der Waals surface area (Å²) in [7, 11) is 0. The molecule has 3 aromatic rings. The van der Waals surface area contributed by atoms with E-state index in [-0.39, 0.29) is 23.9 Å². The van der Waals surface area contributed by atoms with Crippen molar-refractivity contribution in [2.45, 2.75) is 43.9 Å². The van der Waals surface area contributed by atoms with Crippen molar-refractivity contribution in [1.29, 1.82) is 0 Å². The van der Waals surface area contributed by atoms with Gasteiger partial charge < -0.3 is 14.6 Å². The Labute approximate surface area is 187 Å². The molecule has 166 valence electrons. The first kappa shape index (κ1) is 19.9. The van der Waals surface area contributed by atoms with Crippen molar-refractivity contribution in [2.75, 3.05) is 26.2 Å². The summed E-state index contributed by atoms with van der Waals surface area (Å²) >= 11 is 0. The number of hydrogen-bond acceptors (Lipinski definition) is 3. The van der Waals surface area contributed by atoms with Gasteiger partial charge in [-0.15, -0.1) is 0 Å². The fraction of sp³-hybridized carbons (Fsp3) is 0.423. The summed E-state index contributed by atoms with van der Waals surface area (Å²) in [4.78, 5) is 19.7. The number of H-pyrrole nitrogens is 1. The summed E-state index contributed by atoms with van der Waals surface area (Å²) < 4.78 is 21.0. The fourth-order valence-electron chi connectivity index (χ4n) is 5.21. The van der Waals surface area contributed by atoms with Crippen molar-refractivity contribution in [3.05, 3.63) is 60.0 Å². The number of nitrogens with zero attached hydrogens (tertiary/aromatic N) is 2. The molecule has 5 nitrogen and oxygen atoms in total. The molecule has 2 saturated heterocycles. The molecule has 0 radical (unpaired) electrons. The van der Waals surface area contributed by atoms with Crippen LogP contribution in [0.3, 0.4) is 0 Å². The van der Waals surface area contributed by atoms with Crippen LogP contribution < -0.4 is 0 Å². The van der Waals surface area contributed by atoms with Crippen LogP contribution in [0.25, 0.3) is 22.0 Å². The summed E-state index contributed by atoms with van der Waals surface area (Å²) in [5.41, 5.74) is 3.47. The van der Waals surface area contributed by atoms with Gasteiger partial charge in [0, 0.05) is 43.0 Å². The normalized spacial score (nSPS) is 21.5. The van der Waals surface area contributed by atoms with Crippen molar-refractivity contribution in [2.24, 2.45) is 0 Å². The molecule has 32 heavy (non-hydrogen) atoms. The third kappa shape index (κ3) is 3.71. The highest BCUT2D eigenvalue weighted by molar-refractivity contribution is 5.84. The Kier molecular flexibility index (Phi) is 4.81. The number of ether oxygens (including phenoxy) is 1. The summed E-state index contributed by atoms with van der Waals surface area (Å²) in [5, 5.41) is 1.15. The molecule has 1 N–H and O–H groups in total. The third-order valence-electron chi connectivity index (χ3n) is 7.37. The Bertz CT molecular complexity index is 1160. The monoisotopic (exact) mass is 433 g/mol. The van der Waals surface area contributed by atoms with Gasteiger partial charge in [0.05, 0.1) is 12.1 Å². The topological polar surface area (TPSA) is 48.6 Å². The molecule has 1 saturated carbocycles. The van der Waals surface area contributed by atoms with Crippen LogP contribution in [0, 0.1) is 5.82 Å². The molecule has 2 aromatic carbocycles. The van der Waals surface area contributed by atoms with Crippen molar-refractivity contribution >= 4 is 16.8 Å². The smallest absolute Gasteiger partial charge is 0.248 e. The zero-order chi connectivity index (χ0) is 21.7. The molecular weight excluding hydrogens is 405 g/mol. The molecule has 0 bridgehead atoms. The van der Waals surface area contributed by atoms with Crippen molar-refractivity contribution in [3.8, 4) is 11.1 Å². The number of halogens is 1. The zero-order valence-electron chi connectivity index (χ0n) is 18.1. The number of piperidine rings is 1. The van der Waals surface area contributed by atoms with Gasteiger partial charge in [-0.1, -0.05) is 24.3 Å². The number of morpholine rings is 1. The Morgan fingerprint density at radius 2 is 1.84 bits per heavy atom. The number of hydrogen-bond donors (Lipinski definition) is 1. The molecule has 6 heteroatoms. The second kappa shape index (κ2) is 7.71. The molecule has 1 amide bonds. The standard InChI is InChI=1S/C26H28FN3O2/c27-23-13-19(20-2-1-18-7-10-28-24(18)14-20)3-4-21(23)15-29-11-8-26(9-12-29)17-30(22-5-6-22)25(31)16-32-26/h1-4,7,10,13-14,22,28H,5-6,8-9,11-12,15-17H2. The summed E-state index contributed by atoms with van der Waals surface area (Å²) in [6.45, 7) is 3.25. The molecule has 1 spiro atoms. The SMILES string of the molecule is O=C1COC2(CCN(Cc3ccc(-c4ccc5cc[nH]c5c4)cc3F)CC2)CN1C1CC1. The minimum atomic E-state index is -0.216. The predicted octanol–water partition coefficient (Wildman–Crippen LogP) is 4.33. The molecule has 3 heterocycles. The van der Waals surface area contributed by atoms with E-state index in [0.29, 0.717) is 12.6 Å². The predicted molar refractivity (Wildman–Crippen MR) is 122 cm³/mol. The third-order valence-corrected chi connectivity index (χ3v) is 7.37. The number of aromatic amines is 1. The van der Waals surface area contributed by atoms with Crippen LogP contribution in [-0.2, 0) is 16.1 Å². The van der Waals surface area contributed by atoms with Crippen molar-refractivity contribution in [3.63, 3.8) is 0 Å². The Morgan fingerprint density at radius 1 is 1.06 bits per heavy atom. The van der Waals surface area contributed by atoms with Crippen LogP contribution >= 0.6 is 0 Å². The lowest BCUT2D eigenvalue weighted by Gasteiger charge is -2.47. The van der Waals surface area contributed by atoms with E-state index in [4.69, 9.17) is 4.74 Å². The number of rotatable bonds is 4. The molecular formula is C26H28FN3O2. The van der Waals surface area contributed by atoms with E-state index in [0.717, 1.165) is 72.9 Å². The van der Waals surface area contributed by atoms with E-state index in [2.05, 4.69) is 22.0 Å². The first-order valence-electron chi connectivity index (χ1n) is 11.6. The highest BCUT2D eigenvalue weighted by Crippen LogP contribution is 2.36. The lowest BCUT2D eigenvalue weighted by molar-refractivity contribution is -0.172. The van der Waals surface area contributed by atoms with Gasteiger partial charge in [0.15, 0.2) is 0 Å². The number of benzene rings is 2. The van der Waals surface area contributed by atoms with E-state index in [1.807, 2.05) is 35.4 Å². The number of carbonyl (C=O) groups excluding carboxylic acids is 1. The van der Waals surface area contributed by atoms with Gasteiger partial charge in [0.2, 0.25) is 5.91 Å². The lowest BCUT2D eigenvalue weighted by atomic mass is 9.89. The van der Waals surface area contributed by atoms with Crippen LogP contribution in [0.1, 0.15) is 31.2 Å². The number of aromatic nitrogens is 1. The Balaban J connectivity index is 1.11. The van der Waals surface area contributed by atoms with E-state index < -0.39 is 0 Å². The maximum Gasteiger partial charge on any atom is 0.248 e. The lowest BCUT2D eigenvalue weighted by Crippen LogP contribution is -2.59. The molecule has 0 atom stereocenters. The second-order valence-corrected chi connectivity index (χ2v) is 9.59. The van der Waals surface area contributed by atoms with Crippen LogP contribution in [0.15, 0.2) is 48.7 Å². The van der Waals surface area contributed by atoms with Gasteiger partial charge in [-0.05, 0) is 60.4 Å². The minimum absolute atomic E-state index is 0.137. The molecule has 3 aliphatic rings. The molecule has 1 aliphatic carbocycles. The fourth-order valence-corrected chi connectivity index (χ4v) is 5.21. The quantitative estimate of drug-likeness (QED) is 0.666. The number of nitrogens with one attached hydrogen (secondary N) is 1. The maximum absolute atomic E-state index is 15.0. The van der Waals surface area contributed by atoms with Gasteiger partial charge in [-0.2, -0.15) is 0 Å². The minimum Gasteiger partial charge on any atom is -0.363 e. The number of likely N-dealkylation sites (tertiary alicyclic amines) is 1. The summed E-state index contributed by atoms with van der Waals surface area (Å²) in [6, 6.07) is 14.2. The first-order valence-corrected chi connectivity index (χ1v) is 11.6. The average molecular weight is 434 g/mol. The molecule has 6 rings (SSSR count). The van der Waals surface area contributed by atoms with Gasteiger partial charge in [-0.3, -0.25) is 9.69 Å². The Hall–Kier alpha value is -2.70. The molecule has 3 fully saturated rings. The van der Waals surface area contributed by atoms with E-state index in [9.17, 15) is 9.18 Å². The summed E-state index contributed by atoms with van der Waals surface area (Å²) in [5.74, 6) is -0.0214. The van der Waals surface area contributed by atoms with Crippen LogP contribution in [0.5, 0.6) is 0 Å².